The fourth-order valence-electron chi connectivity index (χ4n) is 3.60. The largest absolute Gasteiger partial charge is 0.377 e. The summed E-state index contributed by atoms with van der Waals surface area (Å²) < 4.78 is 5.81. The van der Waals surface area contributed by atoms with Gasteiger partial charge in [-0.05, 0) is 42.0 Å². The molecule has 1 saturated heterocycles. The summed E-state index contributed by atoms with van der Waals surface area (Å²) in [6, 6.07) is 5.81. The Labute approximate surface area is 185 Å². The van der Waals surface area contributed by atoms with Gasteiger partial charge in [-0.25, -0.2) is 0 Å². The number of carbonyl (C=O) groups is 2. The van der Waals surface area contributed by atoms with Crippen LogP contribution in [0.1, 0.15) is 52.0 Å². The minimum atomic E-state index is -0.117. The molecule has 1 heterocycles. The standard InChI is InChI=1S/C23H36ClN3O3/c1-23(2,3)14-22(29)27(16-19-7-6-12-30-19)15-17-13-18(25-21(28)10-11-24)8-9-20(17)26(4)5/h8-9,13,19H,6-7,10-12,14-16H2,1-5H3,(H,25,28)/t19-/m0/s1. The van der Waals surface area contributed by atoms with Crippen molar-refractivity contribution in [3.05, 3.63) is 23.8 Å². The number of alkyl halides is 1. The highest BCUT2D eigenvalue weighted by atomic mass is 35.5. The molecule has 1 aromatic rings. The Kier molecular flexibility index (Phi) is 8.98. The van der Waals surface area contributed by atoms with Gasteiger partial charge in [-0.15, -0.1) is 11.6 Å². The van der Waals surface area contributed by atoms with Gasteiger partial charge in [0, 0.05) is 63.9 Å². The monoisotopic (exact) mass is 437 g/mol. The SMILES string of the molecule is CN(C)c1ccc(NC(=O)CCCl)cc1CN(C[C@@H]1CCCO1)C(=O)CC(C)(C)C. The van der Waals surface area contributed by atoms with E-state index in [1.54, 1.807) is 0 Å². The van der Waals surface area contributed by atoms with E-state index in [-0.39, 0.29) is 35.6 Å². The van der Waals surface area contributed by atoms with Crippen LogP contribution in [0.5, 0.6) is 0 Å². The molecule has 2 amide bonds. The highest BCUT2D eigenvalue weighted by Crippen LogP contribution is 2.27. The minimum absolute atomic E-state index is 0.0864. The van der Waals surface area contributed by atoms with E-state index in [2.05, 4.69) is 26.1 Å². The molecule has 0 unspecified atom stereocenters. The number of nitrogens with zero attached hydrogens (tertiary/aromatic N) is 2. The first kappa shape index (κ1) is 24.5. The molecule has 1 fully saturated rings. The summed E-state index contributed by atoms with van der Waals surface area (Å²) in [5.41, 5.74) is 2.63. The van der Waals surface area contributed by atoms with Crippen LogP contribution in [-0.2, 0) is 20.9 Å². The number of nitrogens with one attached hydrogen (secondary N) is 1. The van der Waals surface area contributed by atoms with Gasteiger partial charge in [-0.1, -0.05) is 20.8 Å². The van der Waals surface area contributed by atoms with Crippen LogP contribution in [0.15, 0.2) is 18.2 Å². The van der Waals surface area contributed by atoms with Gasteiger partial charge in [0.05, 0.1) is 6.10 Å². The molecule has 0 spiro atoms. The lowest BCUT2D eigenvalue weighted by molar-refractivity contribution is -0.135. The number of rotatable bonds is 9. The predicted molar refractivity (Wildman–Crippen MR) is 123 cm³/mol. The van der Waals surface area contributed by atoms with Crippen molar-refractivity contribution in [2.75, 3.05) is 43.3 Å². The number of carbonyl (C=O) groups excluding carboxylic acids is 2. The van der Waals surface area contributed by atoms with Crippen LogP contribution in [0.3, 0.4) is 0 Å². The van der Waals surface area contributed by atoms with Gasteiger partial charge in [0.2, 0.25) is 11.8 Å². The van der Waals surface area contributed by atoms with E-state index in [4.69, 9.17) is 16.3 Å². The maximum Gasteiger partial charge on any atom is 0.225 e. The fraction of sp³-hybridized carbons (Fsp3) is 0.652. The maximum absolute atomic E-state index is 13.2. The Morgan fingerprint density at radius 3 is 2.57 bits per heavy atom. The van der Waals surface area contributed by atoms with Crippen molar-refractivity contribution in [1.82, 2.24) is 4.90 Å². The average molecular weight is 438 g/mol. The fourth-order valence-corrected chi connectivity index (χ4v) is 3.77. The Morgan fingerprint density at radius 2 is 2.00 bits per heavy atom. The topological polar surface area (TPSA) is 61.9 Å². The van der Waals surface area contributed by atoms with Crippen LogP contribution in [0.25, 0.3) is 0 Å². The third-order valence-electron chi connectivity index (χ3n) is 5.01. The van der Waals surface area contributed by atoms with E-state index in [0.717, 1.165) is 30.7 Å². The lowest BCUT2D eigenvalue weighted by atomic mass is 9.91. The van der Waals surface area contributed by atoms with Crippen LogP contribution >= 0.6 is 11.6 Å². The number of hydrogen-bond donors (Lipinski definition) is 1. The second-order valence-corrected chi connectivity index (χ2v) is 9.75. The van der Waals surface area contributed by atoms with Gasteiger partial charge >= 0.3 is 0 Å². The van der Waals surface area contributed by atoms with Crippen LogP contribution in [-0.4, -0.2) is 55.9 Å². The summed E-state index contributed by atoms with van der Waals surface area (Å²) in [7, 11) is 3.96. The van der Waals surface area contributed by atoms with E-state index in [0.29, 0.717) is 25.2 Å². The average Bonchev–Trinajstić information content (AvgIpc) is 3.13. The number of anilines is 2. The molecule has 0 bridgehead atoms. The van der Waals surface area contributed by atoms with Crippen molar-refractivity contribution in [2.24, 2.45) is 5.41 Å². The molecule has 1 atom stereocenters. The molecular formula is C23H36ClN3O3. The van der Waals surface area contributed by atoms with E-state index in [1.807, 2.05) is 42.1 Å². The Bertz CT molecular complexity index is 725. The Morgan fingerprint density at radius 1 is 1.27 bits per heavy atom. The van der Waals surface area contributed by atoms with E-state index in [1.165, 1.54) is 0 Å². The summed E-state index contributed by atoms with van der Waals surface area (Å²) in [4.78, 5) is 29.1. The summed E-state index contributed by atoms with van der Waals surface area (Å²) >= 11 is 5.67. The molecule has 1 aliphatic heterocycles. The highest BCUT2D eigenvalue weighted by molar-refractivity contribution is 6.19. The Hall–Kier alpha value is -1.79. The molecular weight excluding hydrogens is 402 g/mol. The minimum Gasteiger partial charge on any atom is -0.377 e. The van der Waals surface area contributed by atoms with Gasteiger partial charge in [0.1, 0.15) is 0 Å². The Balaban J connectivity index is 2.27. The summed E-state index contributed by atoms with van der Waals surface area (Å²) in [6.07, 6.45) is 2.85. The maximum atomic E-state index is 13.2. The smallest absolute Gasteiger partial charge is 0.225 e. The third-order valence-corrected chi connectivity index (χ3v) is 5.20. The normalized spacial score (nSPS) is 16.4. The predicted octanol–water partition coefficient (Wildman–Crippen LogP) is 4.26. The van der Waals surface area contributed by atoms with Crippen molar-refractivity contribution < 1.29 is 14.3 Å². The molecule has 7 heteroatoms. The van der Waals surface area contributed by atoms with Crippen LogP contribution in [0.2, 0.25) is 0 Å². The molecule has 168 valence electrons. The number of benzene rings is 1. The van der Waals surface area contributed by atoms with Crippen molar-refractivity contribution in [3.63, 3.8) is 0 Å². The quantitative estimate of drug-likeness (QED) is 0.586. The number of hydrogen-bond acceptors (Lipinski definition) is 4. The molecule has 0 aromatic heterocycles. The third kappa shape index (κ3) is 7.80. The second-order valence-electron chi connectivity index (χ2n) is 9.37. The van der Waals surface area contributed by atoms with Crippen LogP contribution in [0.4, 0.5) is 11.4 Å². The van der Waals surface area contributed by atoms with Gasteiger partial charge < -0.3 is 19.9 Å². The number of amides is 2. The molecule has 1 N–H and O–H groups in total. The summed E-state index contributed by atoms with van der Waals surface area (Å²) in [5, 5.41) is 2.89. The first-order valence-corrected chi connectivity index (χ1v) is 11.2. The summed E-state index contributed by atoms with van der Waals surface area (Å²) in [6.45, 7) is 8.05. The summed E-state index contributed by atoms with van der Waals surface area (Å²) in [5.74, 6) is 0.290. The first-order chi connectivity index (χ1) is 14.1. The number of ether oxygens (including phenoxy) is 1. The van der Waals surface area contributed by atoms with Gasteiger partial charge in [0.25, 0.3) is 0 Å². The number of halogens is 1. The van der Waals surface area contributed by atoms with Crippen molar-refractivity contribution in [3.8, 4) is 0 Å². The van der Waals surface area contributed by atoms with E-state index >= 15 is 0 Å². The molecule has 0 radical (unpaired) electrons. The van der Waals surface area contributed by atoms with Crippen molar-refractivity contribution in [1.29, 1.82) is 0 Å². The van der Waals surface area contributed by atoms with E-state index < -0.39 is 0 Å². The second kappa shape index (κ2) is 11.0. The van der Waals surface area contributed by atoms with Gasteiger partial charge in [-0.3, -0.25) is 9.59 Å². The first-order valence-electron chi connectivity index (χ1n) is 10.6. The molecule has 0 saturated carbocycles. The zero-order chi connectivity index (χ0) is 22.3. The van der Waals surface area contributed by atoms with E-state index in [9.17, 15) is 9.59 Å². The lowest BCUT2D eigenvalue weighted by Gasteiger charge is -2.30. The molecule has 2 rings (SSSR count). The molecule has 6 nitrogen and oxygen atoms in total. The van der Waals surface area contributed by atoms with Crippen molar-refractivity contribution in [2.45, 2.75) is 59.1 Å². The molecule has 1 aliphatic rings. The van der Waals surface area contributed by atoms with Gasteiger partial charge in [0.15, 0.2) is 0 Å². The van der Waals surface area contributed by atoms with Crippen LogP contribution < -0.4 is 10.2 Å². The molecule has 0 aliphatic carbocycles. The molecule has 1 aromatic carbocycles. The molecule has 30 heavy (non-hydrogen) atoms. The zero-order valence-corrected chi connectivity index (χ0v) is 19.7. The van der Waals surface area contributed by atoms with Crippen LogP contribution in [0, 0.1) is 5.41 Å². The lowest BCUT2D eigenvalue weighted by Crippen LogP contribution is -2.38. The van der Waals surface area contributed by atoms with Crippen molar-refractivity contribution >= 4 is 34.8 Å². The van der Waals surface area contributed by atoms with Gasteiger partial charge in [-0.2, -0.15) is 0 Å². The zero-order valence-electron chi connectivity index (χ0n) is 19.0. The highest BCUT2D eigenvalue weighted by Gasteiger charge is 2.26.